The summed E-state index contributed by atoms with van der Waals surface area (Å²) in [4.78, 5) is 14.6. The fourth-order valence-corrected chi connectivity index (χ4v) is 3.57. The zero-order chi connectivity index (χ0) is 14.3. The summed E-state index contributed by atoms with van der Waals surface area (Å²) in [5.41, 5.74) is 1.17. The Labute approximate surface area is 119 Å². The summed E-state index contributed by atoms with van der Waals surface area (Å²) < 4.78 is 11.1. The van der Waals surface area contributed by atoms with Crippen molar-refractivity contribution >= 4 is 5.91 Å². The van der Waals surface area contributed by atoms with Crippen LogP contribution in [0.15, 0.2) is 4.52 Å². The molecule has 2 saturated heterocycles. The van der Waals surface area contributed by atoms with E-state index >= 15 is 0 Å². The summed E-state index contributed by atoms with van der Waals surface area (Å²) in [6, 6.07) is 0. The molecule has 110 valence electrons. The molecule has 1 aromatic rings. The monoisotopic (exact) mass is 278 g/mol. The van der Waals surface area contributed by atoms with Gasteiger partial charge in [0, 0.05) is 13.1 Å². The van der Waals surface area contributed by atoms with E-state index in [-0.39, 0.29) is 11.5 Å². The third kappa shape index (κ3) is 2.24. The second-order valence-electron chi connectivity index (χ2n) is 6.33. The van der Waals surface area contributed by atoms with E-state index in [0.29, 0.717) is 29.5 Å². The Morgan fingerprint density at radius 1 is 1.45 bits per heavy atom. The van der Waals surface area contributed by atoms with E-state index < -0.39 is 0 Å². The largest absolute Gasteiger partial charge is 0.373 e. The van der Waals surface area contributed by atoms with Gasteiger partial charge in [-0.2, -0.15) is 0 Å². The van der Waals surface area contributed by atoms with Gasteiger partial charge in [0.2, 0.25) is 0 Å². The molecule has 0 aliphatic carbocycles. The zero-order valence-electron chi connectivity index (χ0n) is 12.4. The van der Waals surface area contributed by atoms with Crippen LogP contribution in [0.1, 0.15) is 48.0 Å². The maximum Gasteiger partial charge on any atom is 0.259 e. The lowest BCUT2D eigenvalue weighted by Gasteiger charge is -2.39. The van der Waals surface area contributed by atoms with E-state index in [0.717, 1.165) is 32.4 Å². The number of hydrogen-bond donors (Lipinski definition) is 0. The minimum atomic E-state index is -0.119. The molecule has 2 unspecified atom stereocenters. The fraction of sp³-hybridized carbons (Fsp3) is 0.733. The van der Waals surface area contributed by atoms with Crippen molar-refractivity contribution in [2.75, 3.05) is 19.7 Å². The van der Waals surface area contributed by atoms with Crippen molar-refractivity contribution in [1.29, 1.82) is 0 Å². The predicted molar refractivity (Wildman–Crippen MR) is 73.6 cm³/mol. The lowest BCUT2D eigenvalue weighted by atomic mass is 9.87. The molecule has 2 fully saturated rings. The number of hydrogen-bond acceptors (Lipinski definition) is 4. The summed E-state index contributed by atoms with van der Waals surface area (Å²) in [6.45, 7) is 8.12. The normalized spacial score (nSPS) is 30.1. The second kappa shape index (κ2) is 4.88. The van der Waals surface area contributed by atoms with E-state index in [1.807, 2.05) is 11.8 Å². The van der Waals surface area contributed by atoms with E-state index in [9.17, 15) is 4.79 Å². The number of amides is 1. The topological polar surface area (TPSA) is 55.6 Å². The van der Waals surface area contributed by atoms with Gasteiger partial charge in [0.05, 0.1) is 17.9 Å². The number of nitrogens with zero attached hydrogens (tertiary/aromatic N) is 2. The van der Waals surface area contributed by atoms with Crippen molar-refractivity contribution in [2.45, 2.75) is 45.6 Å². The van der Waals surface area contributed by atoms with Gasteiger partial charge in [-0.05, 0) is 39.0 Å². The number of carbonyl (C=O) groups is 1. The molecule has 0 bridgehead atoms. The molecule has 0 saturated carbocycles. The third-order valence-electron chi connectivity index (χ3n) is 4.47. The minimum Gasteiger partial charge on any atom is -0.373 e. The Morgan fingerprint density at radius 3 is 2.85 bits per heavy atom. The molecule has 20 heavy (non-hydrogen) atoms. The highest BCUT2D eigenvalue weighted by molar-refractivity contribution is 5.96. The van der Waals surface area contributed by atoms with E-state index in [4.69, 9.17) is 9.26 Å². The number of rotatable bonds is 1. The molecule has 2 aliphatic rings. The van der Waals surface area contributed by atoms with Crippen LogP contribution in [0.2, 0.25) is 0 Å². The number of ether oxygens (including phenoxy) is 1. The highest BCUT2D eigenvalue weighted by Gasteiger charge is 2.43. The average Bonchev–Trinajstić information content (AvgIpc) is 2.93. The van der Waals surface area contributed by atoms with Crippen LogP contribution in [0.25, 0.3) is 0 Å². The Hall–Kier alpha value is -1.36. The summed E-state index contributed by atoms with van der Waals surface area (Å²) in [5, 5.41) is 3.88. The van der Waals surface area contributed by atoms with Crippen molar-refractivity contribution in [2.24, 2.45) is 5.92 Å². The van der Waals surface area contributed by atoms with E-state index in [2.05, 4.69) is 12.1 Å². The summed E-state index contributed by atoms with van der Waals surface area (Å²) in [7, 11) is 0. The first-order valence-corrected chi connectivity index (χ1v) is 7.37. The number of piperidine rings is 1. The molecule has 1 aromatic heterocycles. The fourth-order valence-electron chi connectivity index (χ4n) is 3.57. The number of carbonyl (C=O) groups excluding carboxylic acids is 1. The molecule has 5 nitrogen and oxygen atoms in total. The molecule has 5 heteroatoms. The van der Waals surface area contributed by atoms with Crippen molar-refractivity contribution in [1.82, 2.24) is 10.1 Å². The van der Waals surface area contributed by atoms with Crippen LogP contribution in [0.5, 0.6) is 0 Å². The molecule has 0 radical (unpaired) electrons. The first kappa shape index (κ1) is 13.6. The molecule has 3 rings (SSSR count). The molecular formula is C15H22N2O3. The minimum absolute atomic E-state index is 0.0310. The molecule has 0 N–H and O–H groups in total. The van der Waals surface area contributed by atoms with Crippen LogP contribution in [0.4, 0.5) is 0 Å². The van der Waals surface area contributed by atoms with Crippen LogP contribution in [0, 0.1) is 19.8 Å². The van der Waals surface area contributed by atoms with Crippen LogP contribution in [-0.4, -0.2) is 41.3 Å². The molecule has 2 atom stereocenters. The Bertz CT molecular complexity index is 502. The predicted octanol–water partition coefficient (Wildman–Crippen LogP) is 2.32. The highest BCUT2D eigenvalue weighted by atomic mass is 16.5. The van der Waals surface area contributed by atoms with Crippen molar-refractivity contribution < 1.29 is 14.1 Å². The Kier molecular flexibility index (Phi) is 3.32. The van der Waals surface area contributed by atoms with Crippen molar-refractivity contribution in [3.8, 4) is 0 Å². The Balaban J connectivity index is 1.79. The Morgan fingerprint density at radius 2 is 2.25 bits per heavy atom. The van der Waals surface area contributed by atoms with Crippen LogP contribution in [0.3, 0.4) is 0 Å². The van der Waals surface area contributed by atoms with Gasteiger partial charge in [0.1, 0.15) is 11.3 Å². The maximum absolute atomic E-state index is 12.7. The van der Waals surface area contributed by atoms with E-state index in [1.54, 1.807) is 6.92 Å². The molecule has 1 spiro atoms. The molecule has 3 heterocycles. The summed E-state index contributed by atoms with van der Waals surface area (Å²) >= 11 is 0. The number of likely N-dealkylation sites (tertiary alicyclic amines) is 1. The van der Waals surface area contributed by atoms with Gasteiger partial charge in [-0.15, -0.1) is 0 Å². The standard InChI is InChI=1S/C15H22N2O3/c1-10-7-15(19-8-10)5-4-6-17(9-15)14(18)13-11(2)16-20-12(13)3/h10H,4-9H2,1-3H3. The van der Waals surface area contributed by atoms with Gasteiger partial charge < -0.3 is 14.2 Å². The van der Waals surface area contributed by atoms with Crippen LogP contribution < -0.4 is 0 Å². The summed E-state index contributed by atoms with van der Waals surface area (Å²) in [6.07, 6.45) is 3.11. The molecule has 0 aromatic carbocycles. The SMILES string of the molecule is Cc1noc(C)c1C(=O)N1CCCC2(CC(C)CO2)C1. The molecule has 1 amide bonds. The van der Waals surface area contributed by atoms with Gasteiger partial charge in [-0.1, -0.05) is 12.1 Å². The molecule has 2 aliphatic heterocycles. The van der Waals surface area contributed by atoms with Crippen LogP contribution in [-0.2, 0) is 4.74 Å². The van der Waals surface area contributed by atoms with Crippen molar-refractivity contribution in [3.63, 3.8) is 0 Å². The summed E-state index contributed by atoms with van der Waals surface area (Å²) in [5.74, 6) is 1.22. The van der Waals surface area contributed by atoms with Gasteiger partial charge in [0.25, 0.3) is 5.91 Å². The lowest BCUT2D eigenvalue weighted by molar-refractivity contribution is -0.0449. The second-order valence-corrected chi connectivity index (χ2v) is 6.33. The number of aromatic nitrogens is 1. The van der Waals surface area contributed by atoms with Gasteiger partial charge in [-0.3, -0.25) is 4.79 Å². The molecular weight excluding hydrogens is 256 g/mol. The highest BCUT2D eigenvalue weighted by Crippen LogP contribution is 2.37. The quantitative estimate of drug-likeness (QED) is 0.791. The van der Waals surface area contributed by atoms with Gasteiger partial charge >= 0.3 is 0 Å². The zero-order valence-corrected chi connectivity index (χ0v) is 12.4. The third-order valence-corrected chi connectivity index (χ3v) is 4.47. The first-order chi connectivity index (χ1) is 9.51. The van der Waals surface area contributed by atoms with E-state index in [1.165, 1.54) is 0 Å². The van der Waals surface area contributed by atoms with Gasteiger partial charge in [0.15, 0.2) is 0 Å². The lowest BCUT2D eigenvalue weighted by Crippen LogP contribution is -2.50. The van der Waals surface area contributed by atoms with Gasteiger partial charge in [-0.25, -0.2) is 0 Å². The maximum atomic E-state index is 12.7. The van der Waals surface area contributed by atoms with Crippen molar-refractivity contribution in [3.05, 3.63) is 17.0 Å². The first-order valence-electron chi connectivity index (χ1n) is 7.37. The average molecular weight is 278 g/mol. The number of aryl methyl sites for hydroxylation is 2. The van der Waals surface area contributed by atoms with Crippen LogP contribution >= 0.6 is 0 Å². The smallest absolute Gasteiger partial charge is 0.259 e.